The Morgan fingerprint density at radius 2 is 1.96 bits per heavy atom. The highest BCUT2D eigenvalue weighted by molar-refractivity contribution is 5.97. The fourth-order valence-electron chi connectivity index (χ4n) is 2.90. The summed E-state index contributed by atoms with van der Waals surface area (Å²) in [6.45, 7) is 4.37. The Labute approximate surface area is 147 Å². The number of carbonyl (C=O) groups excluding carboxylic acids is 1. The van der Waals surface area contributed by atoms with Crippen LogP contribution in [0, 0.1) is 0 Å². The zero-order valence-corrected chi connectivity index (χ0v) is 14.4. The molecule has 0 saturated heterocycles. The second-order valence-electron chi connectivity index (χ2n) is 5.93. The van der Waals surface area contributed by atoms with Gasteiger partial charge in [0.05, 0.1) is 5.52 Å². The van der Waals surface area contributed by atoms with Crippen molar-refractivity contribution in [2.75, 3.05) is 19.6 Å². The first-order valence-electron chi connectivity index (χ1n) is 8.59. The van der Waals surface area contributed by atoms with Crippen LogP contribution in [0.1, 0.15) is 22.8 Å². The number of nitrogens with zero attached hydrogens (tertiary/aromatic N) is 4. The molecule has 6 heteroatoms. The van der Waals surface area contributed by atoms with Crippen molar-refractivity contribution in [2.45, 2.75) is 19.9 Å². The highest BCUT2D eigenvalue weighted by Gasteiger charge is 2.16. The summed E-state index contributed by atoms with van der Waals surface area (Å²) in [7, 11) is 0. The van der Waals surface area contributed by atoms with Gasteiger partial charge in [-0.25, -0.2) is 4.68 Å². The molecular weight excluding hydrogens is 314 g/mol. The van der Waals surface area contributed by atoms with Gasteiger partial charge in [0.2, 0.25) is 0 Å². The van der Waals surface area contributed by atoms with Gasteiger partial charge < -0.3 is 10.6 Å². The number of aromatic nitrogens is 3. The molecule has 2 aromatic carbocycles. The monoisotopic (exact) mass is 337 g/mol. The smallest absolute Gasteiger partial charge is 0.253 e. The van der Waals surface area contributed by atoms with E-state index in [9.17, 15) is 4.79 Å². The fraction of sp³-hybridized carbons (Fsp3) is 0.316. The van der Waals surface area contributed by atoms with E-state index >= 15 is 0 Å². The number of nitrogens with two attached hydrogens (primary N) is 1. The molecule has 0 aliphatic rings. The van der Waals surface area contributed by atoms with E-state index in [0.717, 1.165) is 24.0 Å². The van der Waals surface area contributed by atoms with E-state index in [-0.39, 0.29) is 5.91 Å². The predicted molar refractivity (Wildman–Crippen MR) is 98.3 cm³/mol. The Kier molecular flexibility index (Phi) is 5.40. The minimum absolute atomic E-state index is 0.0191. The van der Waals surface area contributed by atoms with Crippen molar-refractivity contribution in [2.24, 2.45) is 5.73 Å². The molecule has 0 aliphatic heterocycles. The van der Waals surface area contributed by atoms with Crippen LogP contribution < -0.4 is 5.73 Å². The summed E-state index contributed by atoms with van der Waals surface area (Å²) in [5.74, 6) is -0.0191. The van der Waals surface area contributed by atoms with Crippen LogP contribution in [0.25, 0.3) is 11.0 Å². The molecule has 0 bridgehead atoms. The van der Waals surface area contributed by atoms with Crippen molar-refractivity contribution in [3.8, 4) is 0 Å². The Balaban J connectivity index is 1.77. The number of rotatable bonds is 7. The predicted octanol–water partition coefficient (Wildman–Crippen LogP) is 2.09. The van der Waals surface area contributed by atoms with Crippen molar-refractivity contribution in [3.63, 3.8) is 0 Å². The van der Waals surface area contributed by atoms with E-state index in [1.54, 1.807) is 4.90 Å². The lowest BCUT2D eigenvalue weighted by Crippen LogP contribution is -2.36. The van der Waals surface area contributed by atoms with E-state index in [1.807, 2.05) is 48.0 Å². The molecule has 0 fully saturated rings. The van der Waals surface area contributed by atoms with E-state index in [2.05, 4.69) is 22.4 Å². The lowest BCUT2D eigenvalue weighted by Gasteiger charge is -2.22. The number of amides is 1. The van der Waals surface area contributed by atoms with Gasteiger partial charge >= 0.3 is 0 Å². The number of hydrogen-bond acceptors (Lipinski definition) is 4. The lowest BCUT2D eigenvalue weighted by molar-refractivity contribution is 0.0762. The van der Waals surface area contributed by atoms with Crippen LogP contribution in [0.5, 0.6) is 0 Å². The average Bonchev–Trinajstić information content (AvgIpc) is 3.07. The van der Waals surface area contributed by atoms with Gasteiger partial charge in [-0.2, -0.15) is 0 Å². The van der Waals surface area contributed by atoms with Crippen LogP contribution in [0.4, 0.5) is 0 Å². The first-order valence-corrected chi connectivity index (χ1v) is 8.59. The van der Waals surface area contributed by atoms with Crippen LogP contribution in [0.15, 0.2) is 48.5 Å². The maximum Gasteiger partial charge on any atom is 0.253 e. The highest BCUT2D eigenvalue weighted by Crippen LogP contribution is 2.15. The maximum absolute atomic E-state index is 12.9. The molecular formula is C19H23N5O. The molecule has 0 radical (unpaired) electrons. The minimum Gasteiger partial charge on any atom is -0.337 e. The van der Waals surface area contributed by atoms with Crippen molar-refractivity contribution in [1.82, 2.24) is 19.9 Å². The summed E-state index contributed by atoms with van der Waals surface area (Å²) in [6, 6.07) is 15.7. The highest BCUT2D eigenvalue weighted by atomic mass is 16.2. The van der Waals surface area contributed by atoms with Gasteiger partial charge in [0.1, 0.15) is 5.52 Å². The molecule has 3 aromatic rings. The number of hydrogen-bond donors (Lipinski definition) is 1. The summed E-state index contributed by atoms with van der Waals surface area (Å²) in [5, 5.41) is 8.24. The molecule has 0 unspecified atom stereocenters. The van der Waals surface area contributed by atoms with E-state index < -0.39 is 0 Å². The molecule has 0 aliphatic carbocycles. The summed E-state index contributed by atoms with van der Waals surface area (Å²) >= 11 is 0. The van der Waals surface area contributed by atoms with Gasteiger partial charge in [-0.15, -0.1) is 5.10 Å². The van der Waals surface area contributed by atoms with Gasteiger partial charge in [0.15, 0.2) is 0 Å². The second kappa shape index (κ2) is 7.90. The third-order valence-electron chi connectivity index (χ3n) is 4.26. The van der Waals surface area contributed by atoms with Gasteiger partial charge in [0.25, 0.3) is 5.91 Å². The third kappa shape index (κ3) is 3.85. The van der Waals surface area contributed by atoms with Crippen LogP contribution in [0.3, 0.4) is 0 Å². The number of benzene rings is 2. The van der Waals surface area contributed by atoms with E-state index in [4.69, 9.17) is 5.73 Å². The van der Waals surface area contributed by atoms with Crippen molar-refractivity contribution < 1.29 is 4.79 Å². The molecule has 0 spiro atoms. The van der Waals surface area contributed by atoms with Gasteiger partial charge in [-0.1, -0.05) is 35.5 Å². The van der Waals surface area contributed by atoms with E-state index in [0.29, 0.717) is 25.2 Å². The van der Waals surface area contributed by atoms with Crippen LogP contribution in [0.2, 0.25) is 0 Å². The first kappa shape index (κ1) is 17.1. The van der Waals surface area contributed by atoms with Crippen molar-refractivity contribution in [3.05, 3.63) is 59.7 Å². The molecule has 3 rings (SSSR count). The SMILES string of the molecule is CCn1nnc2cc(C(=O)N(CCN)CCc3ccccc3)ccc21. The van der Waals surface area contributed by atoms with Crippen molar-refractivity contribution >= 4 is 16.9 Å². The number of fused-ring (bicyclic) bond motifs is 1. The van der Waals surface area contributed by atoms with Gasteiger partial charge in [-0.05, 0) is 37.1 Å². The number of carbonyl (C=O) groups is 1. The summed E-state index contributed by atoms with van der Waals surface area (Å²) in [6.07, 6.45) is 0.806. The van der Waals surface area contributed by atoms with Crippen LogP contribution in [-0.2, 0) is 13.0 Å². The molecule has 2 N–H and O–H groups in total. The molecule has 1 amide bonds. The number of aryl methyl sites for hydroxylation is 1. The Bertz CT molecular complexity index is 843. The van der Waals surface area contributed by atoms with Crippen LogP contribution in [-0.4, -0.2) is 45.4 Å². The largest absolute Gasteiger partial charge is 0.337 e. The summed E-state index contributed by atoms with van der Waals surface area (Å²) in [4.78, 5) is 14.7. The normalized spacial score (nSPS) is 11.0. The van der Waals surface area contributed by atoms with Gasteiger partial charge in [0, 0.05) is 31.7 Å². The zero-order valence-electron chi connectivity index (χ0n) is 14.4. The molecule has 0 saturated carbocycles. The molecule has 25 heavy (non-hydrogen) atoms. The Morgan fingerprint density at radius 3 is 2.68 bits per heavy atom. The van der Waals surface area contributed by atoms with Crippen molar-refractivity contribution in [1.29, 1.82) is 0 Å². The molecule has 130 valence electrons. The summed E-state index contributed by atoms with van der Waals surface area (Å²) in [5.41, 5.74) is 9.21. The Morgan fingerprint density at radius 1 is 1.16 bits per heavy atom. The zero-order chi connectivity index (χ0) is 17.6. The molecule has 6 nitrogen and oxygen atoms in total. The molecule has 0 atom stereocenters. The average molecular weight is 337 g/mol. The van der Waals surface area contributed by atoms with Crippen LogP contribution >= 0.6 is 0 Å². The lowest BCUT2D eigenvalue weighted by atomic mass is 10.1. The maximum atomic E-state index is 12.9. The third-order valence-corrected chi connectivity index (χ3v) is 4.26. The topological polar surface area (TPSA) is 77.0 Å². The Hall–Kier alpha value is -2.73. The quantitative estimate of drug-likeness (QED) is 0.716. The van der Waals surface area contributed by atoms with E-state index in [1.165, 1.54) is 5.56 Å². The summed E-state index contributed by atoms with van der Waals surface area (Å²) < 4.78 is 1.82. The standard InChI is InChI=1S/C19H23N5O/c1-2-24-18-9-8-16(14-17(18)21-22-24)19(25)23(13-11-20)12-10-15-6-4-3-5-7-15/h3-9,14H,2,10-13,20H2,1H3. The molecule has 1 heterocycles. The van der Waals surface area contributed by atoms with Gasteiger partial charge in [-0.3, -0.25) is 4.79 Å². The molecule has 1 aromatic heterocycles. The minimum atomic E-state index is -0.0191. The first-order chi connectivity index (χ1) is 12.2. The fourth-order valence-corrected chi connectivity index (χ4v) is 2.90. The second-order valence-corrected chi connectivity index (χ2v) is 5.93.